The van der Waals surface area contributed by atoms with E-state index in [0.717, 1.165) is 35.5 Å². The Bertz CT molecular complexity index is 1010. The van der Waals surface area contributed by atoms with E-state index in [2.05, 4.69) is 9.97 Å². The van der Waals surface area contributed by atoms with E-state index in [0.29, 0.717) is 11.4 Å². The lowest BCUT2D eigenvalue weighted by atomic mass is 10.2. The number of nitrogens with zero attached hydrogens (tertiary/aromatic N) is 3. The molecule has 0 unspecified atom stereocenters. The van der Waals surface area contributed by atoms with Crippen molar-refractivity contribution < 1.29 is 18.0 Å². The van der Waals surface area contributed by atoms with Gasteiger partial charge >= 0.3 is 6.18 Å². The van der Waals surface area contributed by atoms with Crippen LogP contribution in [0.15, 0.2) is 53.0 Å². The topological polar surface area (TPSA) is 46.1 Å². The molecule has 3 aromatic rings. The largest absolute Gasteiger partial charge is 0.433 e. The van der Waals surface area contributed by atoms with Crippen molar-refractivity contribution in [1.29, 1.82) is 0 Å². The van der Waals surface area contributed by atoms with Crippen LogP contribution in [0.4, 0.5) is 18.9 Å². The van der Waals surface area contributed by atoms with Gasteiger partial charge in [0.25, 0.3) is 0 Å². The summed E-state index contributed by atoms with van der Waals surface area (Å²) in [4.78, 5) is 22.7. The van der Waals surface area contributed by atoms with Gasteiger partial charge < -0.3 is 4.90 Å². The molecule has 4 rings (SSSR count). The smallest absolute Gasteiger partial charge is 0.311 e. The quantitative estimate of drug-likeness (QED) is 0.444. The lowest BCUT2D eigenvalue weighted by molar-refractivity contribution is -0.141. The van der Waals surface area contributed by atoms with Gasteiger partial charge in [-0.2, -0.15) is 13.2 Å². The first kappa shape index (κ1) is 18.9. The number of fused-ring (bicyclic) bond motifs is 1. The minimum Gasteiger partial charge on any atom is -0.311 e. The van der Waals surface area contributed by atoms with E-state index < -0.39 is 11.9 Å². The SMILES string of the molecule is O=C(CSc1nc(-c2cccs2)cc(C(F)(F)F)n1)N1CCc2ccccc21. The number of benzene rings is 1. The third-order valence-electron chi connectivity index (χ3n) is 4.28. The van der Waals surface area contributed by atoms with Gasteiger partial charge in [0.2, 0.25) is 5.91 Å². The van der Waals surface area contributed by atoms with Crippen molar-refractivity contribution in [3.63, 3.8) is 0 Å². The molecule has 3 heterocycles. The second kappa shape index (κ2) is 7.56. The first-order chi connectivity index (χ1) is 13.4. The molecule has 9 heteroatoms. The summed E-state index contributed by atoms with van der Waals surface area (Å²) in [5.74, 6) is -0.201. The minimum absolute atomic E-state index is 0.0282. The average molecular weight is 421 g/mol. The number of thioether (sulfide) groups is 1. The van der Waals surface area contributed by atoms with Crippen LogP contribution >= 0.6 is 23.1 Å². The predicted octanol–water partition coefficient (Wildman–Crippen LogP) is 4.91. The van der Waals surface area contributed by atoms with Crippen LogP contribution in [0.2, 0.25) is 0 Å². The van der Waals surface area contributed by atoms with Crippen molar-refractivity contribution in [3.05, 3.63) is 59.1 Å². The molecule has 0 saturated carbocycles. The summed E-state index contributed by atoms with van der Waals surface area (Å²) in [7, 11) is 0. The minimum atomic E-state index is -4.58. The first-order valence-corrected chi connectivity index (χ1v) is 10.3. The van der Waals surface area contributed by atoms with E-state index in [-0.39, 0.29) is 22.5 Å². The van der Waals surface area contributed by atoms with Gasteiger partial charge in [0, 0.05) is 12.2 Å². The predicted molar refractivity (Wildman–Crippen MR) is 104 cm³/mol. The van der Waals surface area contributed by atoms with E-state index in [1.54, 1.807) is 22.4 Å². The highest BCUT2D eigenvalue weighted by atomic mass is 32.2. The normalized spacial score (nSPS) is 13.6. The number of aromatic nitrogens is 2. The number of hydrogen-bond donors (Lipinski definition) is 0. The molecule has 28 heavy (non-hydrogen) atoms. The lowest BCUT2D eigenvalue weighted by Gasteiger charge is -2.17. The van der Waals surface area contributed by atoms with Crippen LogP contribution in [0.5, 0.6) is 0 Å². The Kier molecular flexibility index (Phi) is 5.11. The van der Waals surface area contributed by atoms with Crippen molar-refractivity contribution in [2.75, 3.05) is 17.2 Å². The molecule has 0 saturated heterocycles. The zero-order chi connectivity index (χ0) is 19.7. The standard InChI is InChI=1S/C19H14F3N3OS2/c20-19(21,22)16-10-13(15-6-3-9-27-15)23-18(24-16)28-11-17(26)25-8-7-12-4-1-2-5-14(12)25/h1-6,9-10H,7-8,11H2. The van der Waals surface area contributed by atoms with Gasteiger partial charge in [-0.05, 0) is 35.6 Å². The summed E-state index contributed by atoms with van der Waals surface area (Å²) in [5, 5.41) is 1.71. The third kappa shape index (κ3) is 3.90. The molecule has 1 aromatic carbocycles. The van der Waals surface area contributed by atoms with Crippen LogP contribution in [0.25, 0.3) is 10.6 Å². The van der Waals surface area contributed by atoms with Gasteiger partial charge in [-0.1, -0.05) is 36.0 Å². The van der Waals surface area contributed by atoms with Crippen LogP contribution in [0, 0.1) is 0 Å². The lowest BCUT2D eigenvalue weighted by Crippen LogP contribution is -2.30. The Morgan fingerprint density at radius 3 is 2.75 bits per heavy atom. The maximum Gasteiger partial charge on any atom is 0.433 e. The van der Waals surface area contributed by atoms with E-state index in [4.69, 9.17) is 0 Å². The summed E-state index contributed by atoms with van der Waals surface area (Å²) in [5.41, 5.74) is 1.15. The number of carbonyl (C=O) groups is 1. The van der Waals surface area contributed by atoms with Gasteiger partial charge in [0.05, 0.1) is 16.3 Å². The highest BCUT2D eigenvalue weighted by molar-refractivity contribution is 7.99. The molecule has 0 bridgehead atoms. The number of halogens is 3. The van der Waals surface area contributed by atoms with Crippen LogP contribution in [0.1, 0.15) is 11.3 Å². The van der Waals surface area contributed by atoms with Gasteiger partial charge in [0.1, 0.15) is 5.69 Å². The van der Waals surface area contributed by atoms with E-state index >= 15 is 0 Å². The summed E-state index contributed by atoms with van der Waals surface area (Å²) in [6, 6.07) is 12.0. The molecule has 2 aromatic heterocycles. The number of anilines is 1. The van der Waals surface area contributed by atoms with E-state index in [9.17, 15) is 18.0 Å². The molecule has 1 aliphatic rings. The van der Waals surface area contributed by atoms with Crippen LogP contribution < -0.4 is 4.90 Å². The molecule has 4 nitrogen and oxygen atoms in total. The molecule has 0 fully saturated rings. The zero-order valence-corrected chi connectivity index (χ0v) is 16.1. The Morgan fingerprint density at radius 1 is 1.18 bits per heavy atom. The molecule has 0 aliphatic carbocycles. The summed E-state index contributed by atoms with van der Waals surface area (Å²) >= 11 is 2.22. The number of alkyl halides is 3. The van der Waals surface area contributed by atoms with Crippen LogP contribution in [0.3, 0.4) is 0 Å². The van der Waals surface area contributed by atoms with Gasteiger partial charge in [-0.15, -0.1) is 11.3 Å². The molecule has 0 spiro atoms. The Morgan fingerprint density at radius 2 is 2.00 bits per heavy atom. The number of carbonyl (C=O) groups excluding carboxylic acids is 1. The zero-order valence-electron chi connectivity index (χ0n) is 14.4. The Hall–Kier alpha value is -2.39. The maximum atomic E-state index is 13.2. The first-order valence-electron chi connectivity index (χ1n) is 8.43. The van der Waals surface area contributed by atoms with E-state index in [1.807, 2.05) is 24.3 Å². The van der Waals surface area contributed by atoms with Crippen molar-refractivity contribution in [3.8, 4) is 10.6 Å². The van der Waals surface area contributed by atoms with Crippen LogP contribution in [-0.4, -0.2) is 28.2 Å². The molecular formula is C19H14F3N3OS2. The van der Waals surface area contributed by atoms with Crippen molar-refractivity contribution in [2.45, 2.75) is 17.8 Å². The molecule has 1 aliphatic heterocycles. The number of hydrogen-bond acceptors (Lipinski definition) is 5. The third-order valence-corrected chi connectivity index (χ3v) is 6.01. The highest BCUT2D eigenvalue weighted by Crippen LogP contribution is 2.34. The summed E-state index contributed by atoms with van der Waals surface area (Å²) < 4.78 is 39.7. The molecule has 144 valence electrons. The van der Waals surface area contributed by atoms with Gasteiger partial charge in [0.15, 0.2) is 5.16 Å². The highest BCUT2D eigenvalue weighted by Gasteiger charge is 2.34. The molecule has 1 amide bonds. The monoisotopic (exact) mass is 421 g/mol. The van der Waals surface area contributed by atoms with Crippen molar-refractivity contribution in [1.82, 2.24) is 9.97 Å². The van der Waals surface area contributed by atoms with Crippen LogP contribution in [-0.2, 0) is 17.4 Å². The second-order valence-corrected chi connectivity index (χ2v) is 8.00. The second-order valence-electron chi connectivity index (χ2n) is 6.11. The Labute approximate surface area is 167 Å². The summed E-state index contributed by atoms with van der Waals surface area (Å²) in [6.45, 7) is 0.572. The molecular weight excluding hydrogens is 407 g/mol. The maximum absolute atomic E-state index is 13.2. The average Bonchev–Trinajstić information content (AvgIpc) is 3.35. The number of para-hydroxylation sites is 1. The van der Waals surface area contributed by atoms with Crippen molar-refractivity contribution in [2.24, 2.45) is 0 Å². The molecule has 0 N–H and O–H groups in total. The Balaban J connectivity index is 1.55. The summed E-state index contributed by atoms with van der Waals surface area (Å²) in [6.07, 6.45) is -3.81. The van der Waals surface area contributed by atoms with Crippen molar-refractivity contribution >= 4 is 34.7 Å². The number of amides is 1. The fourth-order valence-electron chi connectivity index (χ4n) is 2.99. The van der Waals surface area contributed by atoms with Gasteiger partial charge in [-0.3, -0.25) is 4.79 Å². The van der Waals surface area contributed by atoms with E-state index in [1.165, 1.54) is 11.3 Å². The molecule has 0 atom stereocenters. The fraction of sp³-hybridized carbons (Fsp3) is 0.211. The fourth-order valence-corrected chi connectivity index (χ4v) is 4.41. The number of rotatable bonds is 4. The van der Waals surface area contributed by atoms with Gasteiger partial charge in [-0.25, -0.2) is 9.97 Å². The molecule has 0 radical (unpaired) electrons. The number of thiophene rings is 1.